The number of carboxylic acid groups (broad SMARTS) is 2. The van der Waals surface area contributed by atoms with Crippen LogP contribution in [0.25, 0.3) is 0 Å². The van der Waals surface area contributed by atoms with E-state index in [2.05, 4.69) is 0 Å². The third-order valence-electron chi connectivity index (χ3n) is 1.58. The second-order valence-electron chi connectivity index (χ2n) is 2.74. The number of nitrogens with two attached hydrogens (primary N) is 1. The smallest absolute Gasteiger partial charge is 0.549 e. The molecule has 0 saturated heterocycles. The Balaban J connectivity index is -0.000000845. The fourth-order valence-corrected chi connectivity index (χ4v) is 0.845. The molecule has 2 N–H and O–H groups in total. The average molecular weight is 248 g/mol. The first-order valence-corrected chi connectivity index (χ1v) is 3.77. The quantitative estimate of drug-likeness (QED) is 0.465. The minimum absolute atomic E-state index is 0. The predicted molar refractivity (Wildman–Crippen MR) is 40.2 cm³/mol. The summed E-state index contributed by atoms with van der Waals surface area (Å²) in [5.41, 5.74) is 4.80. The number of aliphatic carboxylic acids is 2. The fraction of sp³-hybridized carbons (Fsp3) is 0.571. The van der Waals surface area contributed by atoms with Crippen molar-refractivity contribution in [2.75, 3.05) is 13.1 Å². The van der Waals surface area contributed by atoms with E-state index in [0.29, 0.717) is 0 Å². The van der Waals surface area contributed by atoms with Crippen LogP contribution >= 0.6 is 0 Å². The second-order valence-corrected chi connectivity index (χ2v) is 2.74. The molecule has 0 fully saturated rings. The average Bonchev–Trinajstić information content (AvgIpc) is 1.99. The van der Waals surface area contributed by atoms with Gasteiger partial charge in [0, 0.05) is 12.6 Å². The molecular weight excluding hydrogens is 238 g/mol. The molecule has 0 aliphatic carbocycles. The van der Waals surface area contributed by atoms with Gasteiger partial charge in [-0.15, -0.1) is 0 Å². The van der Waals surface area contributed by atoms with E-state index in [1.165, 1.54) is 6.92 Å². The molecule has 1 unspecified atom stereocenters. The van der Waals surface area contributed by atoms with Crippen molar-refractivity contribution in [1.29, 1.82) is 0 Å². The molecule has 0 aromatic rings. The van der Waals surface area contributed by atoms with E-state index in [-0.39, 0.29) is 59.1 Å². The Morgan fingerprint density at radius 2 is 1.62 bits per heavy atom. The van der Waals surface area contributed by atoms with Crippen LogP contribution in [0, 0.1) is 0 Å². The number of rotatable bonds is 6. The largest absolute Gasteiger partial charge is 1.00 e. The number of nitrogens with zero attached hydrogens (tertiary/aromatic N) is 1. The predicted octanol–water partition coefficient (Wildman–Crippen LogP) is -10.3. The van der Waals surface area contributed by atoms with Gasteiger partial charge in [0.2, 0.25) is 5.91 Å². The van der Waals surface area contributed by atoms with Crippen LogP contribution in [0.4, 0.5) is 0 Å². The molecule has 9 heteroatoms. The van der Waals surface area contributed by atoms with E-state index in [1.807, 2.05) is 0 Å². The maximum Gasteiger partial charge on any atom is 1.00 e. The number of amides is 1. The summed E-state index contributed by atoms with van der Waals surface area (Å²) in [7, 11) is 0. The van der Waals surface area contributed by atoms with E-state index < -0.39 is 37.0 Å². The van der Waals surface area contributed by atoms with E-state index in [9.17, 15) is 24.6 Å². The molecule has 0 aliphatic rings. The molecular formula is C7H10N2Na2O5. The van der Waals surface area contributed by atoms with Crippen LogP contribution in [0.3, 0.4) is 0 Å². The van der Waals surface area contributed by atoms with Gasteiger partial charge >= 0.3 is 59.1 Å². The monoisotopic (exact) mass is 248 g/mol. The van der Waals surface area contributed by atoms with Crippen molar-refractivity contribution >= 4 is 17.8 Å². The second kappa shape index (κ2) is 10.5. The van der Waals surface area contributed by atoms with Gasteiger partial charge in [-0.25, -0.2) is 0 Å². The van der Waals surface area contributed by atoms with Crippen molar-refractivity contribution < 1.29 is 83.7 Å². The summed E-state index contributed by atoms with van der Waals surface area (Å²) in [5.74, 6) is -3.79. The van der Waals surface area contributed by atoms with Crippen molar-refractivity contribution in [3.05, 3.63) is 0 Å². The number of carbonyl (C=O) groups is 3. The third kappa shape index (κ3) is 9.59. The Labute approximate surface area is 137 Å². The molecule has 0 bridgehead atoms. The van der Waals surface area contributed by atoms with Crippen LogP contribution in [0.5, 0.6) is 0 Å². The van der Waals surface area contributed by atoms with Gasteiger partial charge in [0.15, 0.2) is 0 Å². The maximum absolute atomic E-state index is 10.5. The van der Waals surface area contributed by atoms with Gasteiger partial charge in [0.25, 0.3) is 0 Å². The number of hydrogen-bond acceptors (Lipinski definition) is 6. The summed E-state index contributed by atoms with van der Waals surface area (Å²) in [5, 5.41) is 20.6. The molecule has 1 amide bonds. The molecule has 1 atom stereocenters. The zero-order chi connectivity index (χ0) is 11.3. The molecule has 0 heterocycles. The van der Waals surface area contributed by atoms with Crippen LogP contribution in [0.15, 0.2) is 0 Å². The van der Waals surface area contributed by atoms with E-state index in [0.717, 1.165) is 4.90 Å². The Kier molecular flexibility index (Phi) is 14.2. The van der Waals surface area contributed by atoms with Crippen molar-refractivity contribution in [2.24, 2.45) is 5.73 Å². The fourth-order valence-electron chi connectivity index (χ4n) is 0.845. The summed E-state index contributed by atoms with van der Waals surface area (Å²) in [6.07, 6.45) is 0. The number of hydrogen-bond donors (Lipinski definition) is 1. The van der Waals surface area contributed by atoms with Crippen molar-refractivity contribution in [3.63, 3.8) is 0 Å². The minimum Gasteiger partial charge on any atom is -0.549 e. The van der Waals surface area contributed by atoms with E-state index in [4.69, 9.17) is 5.73 Å². The number of carbonyl (C=O) groups excluding carboxylic acids is 3. The molecule has 0 aliphatic heterocycles. The Bertz CT molecular complexity index is 245. The van der Waals surface area contributed by atoms with Gasteiger partial charge in [-0.2, -0.15) is 0 Å². The van der Waals surface area contributed by atoms with Crippen LogP contribution < -0.4 is 75.1 Å². The molecule has 16 heavy (non-hydrogen) atoms. The first-order valence-electron chi connectivity index (χ1n) is 3.77. The molecule has 0 spiro atoms. The Morgan fingerprint density at radius 1 is 1.19 bits per heavy atom. The van der Waals surface area contributed by atoms with Gasteiger partial charge in [-0.05, 0) is 6.92 Å². The van der Waals surface area contributed by atoms with Crippen molar-refractivity contribution in [3.8, 4) is 0 Å². The molecule has 0 rings (SSSR count). The normalized spacial score (nSPS) is 10.9. The number of primary amides is 1. The van der Waals surface area contributed by atoms with Gasteiger partial charge in [-0.3, -0.25) is 9.69 Å². The van der Waals surface area contributed by atoms with E-state index >= 15 is 0 Å². The van der Waals surface area contributed by atoms with Crippen molar-refractivity contribution in [2.45, 2.75) is 13.0 Å². The molecule has 80 valence electrons. The zero-order valence-electron chi connectivity index (χ0n) is 9.56. The SMILES string of the molecule is CC(C(=O)[O-])N(CC(N)=O)CC(=O)[O-].[Na+].[Na+]. The maximum atomic E-state index is 10.5. The standard InChI is InChI=1S/C7H12N2O5.2Na/c1-4(7(13)14)9(2-5(8)10)3-6(11)12;;/h4H,2-3H2,1H3,(H2,8,10)(H,11,12)(H,13,14);;/q;2*+1/p-2. The van der Waals surface area contributed by atoms with E-state index in [1.54, 1.807) is 0 Å². The number of carboxylic acids is 2. The zero-order valence-corrected chi connectivity index (χ0v) is 13.6. The Hall–Kier alpha value is 0.370. The molecule has 0 saturated carbocycles. The minimum atomic E-state index is -1.49. The van der Waals surface area contributed by atoms with Gasteiger partial charge in [-0.1, -0.05) is 0 Å². The summed E-state index contributed by atoms with van der Waals surface area (Å²) in [4.78, 5) is 31.9. The van der Waals surface area contributed by atoms with Gasteiger partial charge < -0.3 is 25.5 Å². The topological polar surface area (TPSA) is 127 Å². The summed E-state index contributed by atoms with van der Waals surface area (Å²) < 4.78 is 0. The van der Waals surface area contributed by atoms with Crippen LogP contribution in [0.2, 0.25) is 0 Å². The van der Waals surface area contributed by atoms with Gasteiger partial charge in [0.05, 0.1) is 18.5 Å². The van der Waals surface area contributed by atoms with Crippen molar-refractivity contribution in [1.82, 2.24) is 4.90 Å². The Morgan fingerprint density at radius 3 is 1.88 bits per heavy atom. The molecule has 7 nitrogen and oxygen atoms in total. The molecule has 0 radical (unpaired) electrons. The van der Waals surface area contributed by atoms with Crippen LogP contribution in [-0.4, -0.2) is 41.9 Å². The molecule has 0 aromatic heterocycles. The van der Waals surface area contributed by atoms with Crippen LogP contribution in [-0.2, 0) is 14.4 Å². The third-order valence-corrected chi connectivity index (χ3v) is 1.58. The summed E-state index contributed by atoms with van der Waals surface area (Å²) in [6, 6.07) is -1.21. The van der Waals surface area contributed by atoms with Crippen LogP contribution in [0.1, 0.15) is 6.92 Å². The summed E-state index contributed by atoms with van der Waals surface area (Å²) in [6.45, 7) is 0.0441. The summed E-state index contributed by atoms with van der Waals surface area (Å²) >= 11 is 0. The van der Waals surface area contributed by atoms with Gasteiger partial charge in [0.1, 0.15) is 0 Å². The first-order chi connectivity index (χ1) is 6.34. The molecule has 0 aromatic carbocycles. The first kappa shape index (κ1) is 21.6.